The minimum Gasteiger partial charge on any atom is -0.306 e. The molecule has 1 amide bonds. The molecule has 0 saturated carbocycles. The highest BCUT2D eigenvalue weighted by Crippen LogP contribution is 2.18. The lowest BCUT2D eigenvalue weighted by molar-refractivity contribution is 0.0982. The highest BCUT2D eigenvalue weighted by atomic mass is 19.1. The summed E-state index contributed by atoms with van der Waals surface area (Å²) in [6, 6.07) is 9.37. The zero-order valence-corrected chi connectivity index (χ0v) is 13.2. The van der Waals surface area contributed by atoms with E-state index in [1.54, 1.807) is 6.07 Å². The molecule has 1 aromatic carbocycles. The van der Waals surface area contributed by atoms with Crippen LogP contribution >= 0.6 is 0 Å². The normalized spacial score (nSPS) is 10.6. The Bertz CT molecular complexity index is 700. The monoisotopic (exact) mass is 314 g/mol. The van der Waals surface area contributed by atoms with Crippen molar-refractivity contribution in [2.45, 2.75) is 26.7 Å². The Labute approximate surface area is 134 Å². The zero-order valence-electron chi connectivity index (χ0n) is 13.2. The number of hydrogen-bond acceptors (Lipinski definition) is 3. The maximum Gasteiger partial charge on any atom is 0.278 e. The molecule has 5 nitrogen and oxygen atoms in total. The van der Waals surface area contributed by atoms with Gasteiger partial charge in [-0.15, -0.1) is 0 Å². The summed E-state index contributed by atoms with van der Waals surface area (Å²) < 4.78 is 13.1. The van der Waals surface area contributed by atoms with Crippen molar-refractivity contribution in [3.63, 3.8) is 0 Å². The summed E-state index contributed by atoms with van der Waals surface area (Å²) in [5, 5.41) is 15.7. The van der Waals surface area contributed by atoms with Crippen LogP contribution in [0.15, 0.2) is 30.3 Å². The average Bonchev–Trinajstić information content (AvgIpc) is 2.96. The van der Waals surface area contributed by atoms with Crippen LogP contribution in [0.3, 0.4) is 0 Å². The molecule has 1 heterocycles. The van der Waals surface area contributed by atoms with E-state index in [2.05, 4.69) is 24.0 Å². The molecular weight excluding hydrogens is 295 g/mol. The van der Waals surface area contributed by atoms with Crippen molar-refractivity contribution in [2.24, 2.45) is 5.92 Å². The van der Waals surface area contributed by atoms with Crippen LogP contribution in [0.2, 0.25) is 0 Å². The van der Waals surface area contributed by atoms with Crippen molar-refractivity contribution < 1.29 is 9.18 Å². The largest absolute Gasteiger partial charge is 0.306 e. The summed E-state index contributed by atoms with van der Waals surface area (Å²) in [4.78, 5) is 14.1. The first-order chi connectivity index (χ1) is 11.0. The van der Waals surface area contributed by atoms with Crippen molar-refractivity contribution in [3.05, 3.63) is 47.5 Å². The fourth-order valence-electron chi connectivity index (χ4n) is 2.28. The third-order valence-corrected chi connectivity index (χ3v) is 3.31. The Morgan fingerprint density at radius 1 is 1.39 bits per heavy atom. The highest BCUT2D eigenvalue weighted by molar-refractivity contribution is 6.04. The number of nitriles is 1. The number of halogens is 1. The molecular formula is C17H19FN4O. The van der Waals surface area contributed by atoms with Crippen LogP contribution < -0.4 is 4.90 Å². The first-order valence-corrected chi connectivity index (χ1v) is 7.50. The van der Waals surface area contributed by atoms with Crippen LogP contribution in [0.25, 0.3) is 0 Å². The summed E-state index contributed by atoms with van der Waals surface area (Å²) in [6.07, 6.45) is 0.988. The number of rotatable bonds is 6. The van der Waals surface area contributed by atoms with E-state index in [0.717, 1.165) is 12.1 Å². The topological polar surface area (TPSA) is 72.8 Å². The molecule has 0 atom stereocenters. The van der Waals surface area contributed by atoms with E-state index in [0.29, 0.717) is 17.3 Å². The summed E-state index contributed by atoms with van der Waals surface area (Å²) in [6.45, 7) is 4.40. The third kappa shape index (κ3) is 4.39. The maximum atomic E-state index is 13.1. The van der Waals surface area contributed by atoms with Crippen molar-refractivity contribution >= 4 is 11.6 Å². The molecule has 0 aliphatic heterocycles. The molecule has 0 saturated heterocycles. The van der Waals surface area contributed by atoms with Crippen LogP contribution in [0, 0.1) is 23.1 Å². The second-order valence-corrected chi connectivity index (χ2v) is 5.72. The summed E-state index contributed by atoms with van der Waals surface area (Å²) in [5.74, 6) is -0.233. The first-order valence-electron chi connectivity index (χ1n) is 7.50. The molecule has 2 aromatic rings. The van der Waals surface area contributed by atoms with Crippen LogP contribution in [-0.4, -0.2) is 22.6 Å². The smallest absolute Gasteiger partial charge is 0.278 e. The van der Waals surface area contributed by atoms with Crippen LogP contribution in [0.5, 0.6) is 0 Å². The molecule has 0 aliphatic rings. The van der Waals surface area contributed by atoms with E-state index in [9.17, 15) is 9.18 Å². The molecule has 0 fully saturated rings. The van der Waals surface area contributed by atoms with E-state index in [1.165, 1.54) is 29.2 Å². The van der Waals surface area contributed by atoms with Gasteiger partial charge in [-0.2, -0.15) is 10.4 Å². The lowest BCUT2D eigenvalue weighted by Gasteiger charge is -2.20. The number of carbonyl (C=O) groups is 1. The molecule has 120 valence electrons. The molecule has 1 aromatic heterocycles. The number of amides is 1. The molecule has 0 aliphatic carbocycles. The third-order valence-electron chi connectivity index (χ3n) is 3.31. The quantitative estimate of drug-likeness (QED) is 0.889. The van der Waals surface area contributed by atoms with Gasteiger partial charge in [0.05, 0.1) is 12.5 Å². The summed E-state index contributed by atoms with van der Waals surface area (Å²) >= 11 is 0. The van der Waals surface area contributed by atoms with Gasteiger partial charge >= 0.3 is 0 Å². The predicted octanol–water partition coefficient (Wildman–Crippen LogP) is 3.31. The van der Waals surface area contributed by atoms with Crippen molar-refractivity contribution in [1.82, 2.24) is 10.2 Å². The number of carbonyl (C=O) groups excluding carboxylic acids is 1. The first kappa shape index (κ1) is 16.7. The number of benzene rings is 1. The predicted molar refractivity (Wildman–Crippen MR) is 85.4 cm³/mol. The molecule has 0 spiro atoms. The van der Waals surface area contributed by atoms with Gasteiger partial charge in [-0.05, 0) is 42.7 Å². The Kier molecular flexibility index (Phi) is 5.47. The average molecular weight is 314 g/mol. The van der Waals surface area contributed by atoms with Gasteiger partial charge < -0.3 is 4.90 Å². The van der Waals surface area contributed by atoms with Gasteiger partial charge in [0.15, 0.2) is 5.69 Å². The molecule has 0 radical (unpaired) electrons. The van der Waals surface area contributed by atoms with Gasteiger partial charge in [0.1, 0.15) is 5.82 Å². The van der Waals surface area contributed by atoms with E-state index in [1.807, 2.05) is 6.07 Å². The summed E-state index contributed by atoms with van der Waals surface area (Å²) in [7, 11) is 0. The highest BCUT2D eigenvalue weighted by Gasteiger charge is 2.20. The van der Waals surface area contributed by atoms with E-state index in [-0.39, 0.29) is 24.7 Å². The minimum absolute atomic E-state index is 0.187. The fraction of sp³-hybridized carbons (Fsp3) is 0.353. The van der Waals surface area contributed by atoms with Gasteiger partial charge in [0.25, 0.3) is 5.91 Å². The zero-order chi connectivity index (χ0) is 16.8. The van der Waals surface area contributed by atoms with Crippen molar-refractivity contribution in [3.8, 4) is 6.07 Å². The molecule has 0 bridgehead atoms. The summed E-state index contributed by atoms with van der Waals surface area (Å²) in [5.41, 5.74) is 1.73. The minimum atomic E-state index is -0.375. The van der Waals surface area contributed by atoms with E-state index < -0.39 is 0 Å². The molecule has 1 N–H and O–H groups in total. The molecule has 23 heavy (non-hydrogen) atoms. The Hall–Kier alpha value is -2.68. The fourth-order valence-corrected chi connectivity index (χ4v) is 2.28. The van der Waals surface area contributed by atoms with Crippen molar-refractivity contribution in [2.75, 3.05) is 11.4 Å². The Morgan fingerprint density at radius 3 is 2.70 bits per heavy atom. The van der Waals surface area contributed by atoms with Gasteiger partial charge in [-0.1, -0.05) is 13.8 Å². The number of anilines is 1. The van der Waals surface area contributed by atoms with Crippen molar-refractivity contribution in [1.29, 1.82) is 5.26 Å². The van der Waals surface area contributed by atoms with Gasteiger partial charge in [0, 0.05) is 17.9 Å². The molecule has 6 heteroatoms. The second-order valence-electron chi connectivity index (χ2n) is 5.72. The Balaban J connectivity index is 2.24. The number of hydrogen-bond donors (Lipinski definition) is 1. The van der Waals surface area contributed by atoms with Crippen LogP contribution in [0.1, 0.15) is 36.5 Å². The van der Waals surface area contributed by atoms with Gasteiger partial charge in [-0.3, -0.25) is 9.89 Å². The molecule has 2 rings (SSSR count). The Morgan fingerprint density at radius 2 is 2.09 bits per heavy atom. The molecule has 0 unspecified atom stereocenters. The van der Waals surface area contributed by atoms with Crippen LogP contribution in [0.4, 0.5) is 10.1 Å². The number of nitrogens with one attached hydrogen (secondary N) is 1. The second kappa shape index (κ2) is 7.54. The number of aromatic amines is 1. The number of nitrogens with zero attached hydrogens (tertiary/aromatic N) is 3. The maximum absolute atomic E-state index is 13.1. The number of H-pyrrole nitrogens is 1. The SMILES string of the molecule is CC(C)Cc1cc(C(=O)N(CCC#N)c2ccc(F)cc2)n[nH]1. The standard InChI is InChI=1S/C17H19FN4O/c1-12(2)10-14-11-16(21-20-14)17(23)22(9-3-8-19)15-6-4-13(18)5-7-15/h4-7,11-12H,3,9-10H2,1-2H3,(H,20,21). The lowest BCUT2D eigenvalue weighted by atomic mass is 10.1. The van der Waals surface area contributed by atoms with E-state index >= 15 is 0 Å². The lowest BCUT2D eigenvalue weighted by Crippen LogP contribution is -2.32. The van der Waals surface area contributed by atoms with Crippen LogP contribution in [-0.2, 0) is 6.42 Å². The van der Waals surface area contributed by atoms with E-state index in [4.69, 9.17) is 5.26 Å². The van der Waals surface area contributed by atoms with Gasteiger partial charge in [-0.25, -0.2) is 4.39 Å². The number of aromatic nitrogens is 2. The van der Waals surface area contributed by atoms with Gasteiger partial charge in [0.2, 0.25) is 0 Å².